The van der Waals surface area contributed by atoms with E-state index in [9.17, 15) is 0 Å². The molecule has 0 spiro atoms. The van der Waals surface area contributed by atoms with Crippen LogP contribution in [0.2, 0.25) is 0 Å². The van der Waals surface area contributed by atoms with E-state index < -0.39 is 0 Å². The summed E-state index contributed by atoms with van der Waals surface area (Å²) in [5.74, 6) is 0. The Bertz CT molecular complexity index is 1820. The Morgan fingerprint density at radius 3 is 1.68 bits per heavy atom. The van der Waals surface area contributed by atoms with Crippen LogP contribution in [0.3, 0.4) is 0 Å². The first-order chi connectivity index (χ1) is 18.4. The van der Waals surface area contributed by atoms with E-state index in [2.05, 4.69) is 136 Å². The molecule has 0 atom stereocenters. The van der Waals surface area contributed by atoms with Crippen molar-refractivity contribution in [3.63, 3.8) is 0 Å². The first-order valence-corrected chi connectivity index (χ1v) is 13.8. The van der Waals surface area contributed by atoms with Gasteiger partial charge >= 0.3 is 0 Å². The predicted octanol–water partition coefficient (Wildman–Crippen LogP) is 10.1. The van der Waals surface area contributed by atoms with Crippen LogP contribution in [-0.4, -0.2) is 4.57 Å². The quantitative estimate of drug-likeness (QED) is 0.217. The van der Waals surface area contributed by atoms with E-state index in [1.807, 2.05) is 0 Å². The van der Waals surface area contributed by atoms with Crippen LogP contribution in [0.4, 0.5) is 0 Å². The van der Waals surface area contributed by atoms with Gasteiger partial charge in [0.05, 0.1) is 5.69 Å². The van der Waals surface area contributed by atoms with Crippen molar-refractivity contribution >= 4 is 21.5 Å². The molecule has 0 unspecified atom stereocenters. The molecule has 0 fully saturated rings. The van der Waals surface area contributed by atoms with Crippen LogP contribution >= 0.6 is 0 Å². The summed E-state index contributed by atoms with van der Waals surface area (Å²) in [5, 5.41) is 5.23. The van der Waals surface area contributed by atoms with E-state index in [-0.39, 0.29) is 5.41 Å². The van der Waals surface area contributed by atoms with E-state index in [0.717, 1.165) is 6.54 Å². The maximum absolute atomic E-state index is 2.48. The number of aryl methyl sites for hydroxylation is 2. The van der Waals surface area contributed by atoms with Gasteiger partial charge in [0.15, 0.2) is 0 Å². The number of rotatable bonds is 3. The monoisotopic (exact) mass is 491 g/mol. The van der Waals surface area contributed by atoms with Crippen LogP contribution in [0.25, 0.3) is 55.1 Å². The van der Waals surface area contributed by atoms with Crippen LogP contribution < -0.4 is 0 Å². The molecule has 0 aliphatic heterocycles. The van der Waals surface area contributed by atoms with E-state index in [1.165, 1.54) is 77.4 Å². The fraction of sp³-hybridized carbons (Fsp3) is 0.189. The minimum absolute atomic E-state index is 0.0285. The van der Waals surface area contributed by atoms with Crippen molar-refractivity contribution in [2.45, 2.75) is 46.6 Å². The lowest BCUT2D eigenvalue weighted by Crippen LogP contribution is -2.14. The van der Waals surface area contributed by atoms with Crippen LogP contribution in [0.5, 0.6) is 0 Å². The number of nitrogens with zero attached hydrogens (tertiary/aromatic N) is 1. The third-order valence-electron chi connectivity index (χ3n) is 8.80. The average molecular weight is 492 g/mol. The zero-order chi connectivity index (χ0) is 26.2. The maximum atomic E-state index is 2.48. The molecule has 6 aromatic rings. The predicted molar refractivity (Wildman–Crippen MR) is 163 cm³/mol. The van der Waals surface area contributed by atoms with Crippen molar-refractivity contribution in [1.29, 1.82) is 0 Å². The Labute approximate surface area is 225 Å². The minimum atomic E-state index is -0.0285. The van der Waals surface area contributed by atoms with Crippen LogP contribution in [-0.2, 0) is 12.0 Å². The van der Waals surface area contributed by atoms with Crippen molar-refractivity contribution in [1.82, 2.24) is 4.57 Å². The van der Waals surface area contributed by atoms with Crippen molar-refractivity contribution in [2.24, 2.45) is 0 Å². The molecule has 7 rings (SSSR count). The van der Waals surface area contributed by atoms with E-state index in [1.54, 1.807) is 0 Å². The summed E-state index contributed by atoms with van der Waals surface area (Å²) in [6, 6.07) is 36.5. The molecule has 186 valence electrons. The summed E-state index contributed by atoms with van der Waals surface area (Å²) in [6.45, 7) is 12.4. The van der Waals surface area contributed by atoms with Gasteiger partial charge in [0.25, 0.3) is 0 Å². The topological polar surface area (TPSA) is 4.93 Å². The number of fused-ring (bicyclic) bond motifs is 5. The molecular formula is C37H33N. The van der Waals surface area contributed by atoms with Crippen molar-refractivity contribution < 1.29 is 0 Å². The summed E-state index contributed by atoms with van der Waals surface area (Å²) in [6.07, 6.45) is 0. The van der Waals surface area contributed by atoms with Crippen LogP contribution in [0.15, 0.2) is 97.1 Å². The molecule has 0 radical (unpaired) electrons. The third-order valence-corrected chi connectivity index (χ3v) is 8.80. The SMILES string of the molecule is CCn1c(C)cc2c1-c1ccc(-c3c4ccccc4c(-c4ccc(C)cc4)c4ccccc34)cc1C2(C)C. The van der Waals surface area contributed by atoms with Crippen molar-refractivity contribution in [3.8, 4) is 33.5 Å². The lowest BCUT2D eigenvalue weighted by atomic mass is 9.80. The van der Waals surface area contributed by atoms with Gasteiger partial charge in [-0.3, -0.25) is 0 Å². The standard InChI is InChI=1S/C37H33N/c1-6-38-24(3)21-33-36(38)31-20-19-26(22-32(31)37(33,4)5)35-29-13-9-7-11-27(29)34(25-17-15-23(2)16-18-25)28-12-8-10-14-30(28)35/h7-22H,6H2,1-5H3. The van der Waals surface area contributed by atoms with Gasteiger partial charge < -0.3 is 4.57 Å². The molecule has 38 heavy (non-hydrogen) atoms. The van der Waals surface area contributed by atoms with Gasteiger partial charge in [0.2, 0.25) is 0 Å². The summed E-state index contributed by atoms with van der Waals surface area (Å²) < 4.78 is 2.48. The van der Waals surface area contributed by atoms with Gasteiger partial charge in [-0.05, 0) is 87.8 Å². The summed E-state index contributed by atoms with van der Waals surface area (Å²) >= 11 is 0. The molecule has 5 aromatic carbocycles. The van der Waals surface area contributed by atoms with Gasteiger partial charge in [-0.2, -0.15) is 0 Å². The second-order valence-corrected chi connectivity index (χ2v) is 11.4. The Morgan fingerprint density at radius 1 is 0.605 bits per heavy atom. The highest BCUT2D eigenvalue weighted by Crippen LogP contribution is 2.52. The molecule has 1 heteroatoms. The van der Waals surface area contributed by atoms with E-state index in [0.29, 0.717) is 0 Å². The first kappa shape index (κ1) is 23.0. The Balaban J connectivity index is 1.54. The molecule has 1 heterocycles. The normalized spacial score (nSPS) is 13.7. The molecule has 1 aromatic heterocycles. The lowest BCUT2D eigenvalue weighted by Gasteiger charge is -2.22. The first-order valence-electron chi connectivity index (χ1n) is 13.8. The number of hydrogen-bond acceptors (Lipinski definition) is 0. The summed E-state index contributed by atoms with van der Waals surface area (Å²) in [4.78, 5) is 0. The van der Waals surface area contributed by atoms with Crippen molar-refractivity contribution in [2.75, 3.05) is 0 Å². The highest BCUT2D eigenvalue weighted by molar-refractivity contribution is 6.21. The highest BCUT2D eigenvalue weighted by atomic mass is 15.0. The Hall–Kier alpha value is -4.10. The van der Waals surface area contributed by atoms with Gasteiger partial charge in [-0.15, -0.1) is 0 Å². The van der Waals surface area contributed by atoms with Gasteiger partial charge in [0, 0.05) is 23.2 Å². The molecule has 0 amide bonds. The minimum Gasteiger partial charge on any atom is -0.345 e. The molecule has 1 aliphatic carbocycles. The summed E-state index contributed by atoms with van der Waals surface area (Å²) in [5.41, 5.74) is 13.5. The number of benzene rings is 5. The molecule has 0 bridgehead atoms. The molecule has 1 aliphatic rings. The molecule has 0 saturated carbocycles. The van der Waals surface area contributed by atoms with Gasteiger partial charge in [0.1, 0.15) is 0 Å². The Kier molecular flexibility index (Phi) is 4.97. The zero-order valence-electron chi connectivity index (χ0n) is 22.9. The smallest absolute Gasteiger partial charge is 0.0526 e. The summed E-state index contributed by atoms with van der Waals surface area (Å²) in [7, 11) is 0. The highest BCUT2D eigenvalue weighted by Gasteiger charge is 2.38. The third kappa shape index (κ3) is 3.11. The molecule has 0 saturated heterocycles. The maximum Gasteiger partial charge on any atom is 0.0526 e. The lowest BCUT2D eigenvalue weighted by molar-refractivity contribution is 0.660. The molecule has 1 nitrogen and oxygen atoms in total. The van der Waals surface area contributed by atoms with Crippen molar-refractivity contribution in [3.05, 3.63) is 119 Å². The largest absolute Gasteiger partial charge is 0.345 e. The average Bonchev–Trinajstić information content (AvgIpc) is 3.38. The van der Waals surface area contributed by atoms with Gasteiger partial charge in [-0.1, -0.05) is 104 Å². The molecular weight excluding hydrogens is 458 g/mol. The van der Waals surface area contributed by atoms with E-state index in [4.69, 9.17) is 0 Å². The van der Waals surface area contributed by atoms with E-state index >= 15 is 0 Å². The molecule has 0 N–H and O–H groups in total. The van der Waals surface area contributed by atoms with Gasteiger partial charge in [-0.25, -0.2) is 0 Å². The Morgan fingerprint density at radius 2 is 1.13 bits per heavy atom. The number of aromatic nitrogens is 1. The second-order valence-electron chi connectivity index (χ2n) is 11.4. The fourth-order valence-corrected chi connectivity index (χ4v) is 6.89. The van der Waals surface area contributed by atoms with Crippen LogP contribution in [0.1, 0.15) is 43.2 Å². The number of hydrogen-bond donors (Lipinski definition) is 0. The second kappa shape index (κ2) is 8.20. The zero-order valence-corrected chi connectivity index (χ0v) is 22.9. The fourth-order valence-electron chi connectivity index (χ4n) is 6.89. The van der Waals surface area contributed by atoms with Crippen LogP contribution in [0, 0.1) is 13.8 Å².